The predicted octanol–water partition coefficient (Wildman–Crippen LogP) is 3.47. The van der Waals surface area contributed by atoms with E-state index in [9.17, 15) is 28.5 Å². The van der Waals surface area contributed by atoms with Crippen molar-refractivity contribution < 1.29 is 33.2 Å². The Morgan fingerprint density at radius 1 is 1.06 bits per heavy atom. The van der Waals surface area contributed by atoms with Crippen molar-refractivity contribution in [2.45, 2.75) is 37.8 Å². The second kappa shape index (κ2) is 7.61. The van der Waals surface area contributed by atoms with Gasteiger partial charge in [0.15, 0.2) is 0 Å². The topological polar surface area (TPSA) is 87.7 Å². The average Bonchev–Trinajstić information content (AvgIpc) is 3.30. The Morgan fingerprint density at radius 3 is 2.44 bits per heavy atom. The van der Waals surface area contributed by atoms with Crippen molar-refractivity contribution in [2.24, 2.45) is 0 Å². The first-order valence-electron chi connectivity index (χ1n) is 10.0. The molecule has 0 amide bonds. The number of rotatable bonds is 6. The molecule has 1 unspecified atom stereocenters. The third-order valence-corrected chi connectivity index (χ3v) is 5.55. The molecule has 4 rings (SSSR count). The van der Waals surface area contributed by atoms with Gasteiger partial charge in [-0.15, -0.1) is 0 Å². The molecular formula is C23H23F3N2O4. The Kier molecular flexibility index (Phi) is 5.31. The van der Waals surface area contributed by atoms with Crippen LogP contribution in [-0.2, 0) is 12.1 Å². The van der Waals surface area contributed by atoms with E-state index in [0.717, 1.165) is 0 Å². The summed E-state index contributed by atoms with van der Waals surface area (Å²) in [5, 5.41) is 34.0. The van der Waals surface area contributed by atoms with Crippen LogP contribution >= 0.6 is 0 Å². The van der Waals surface area contributed by atoms with E-state index in [0.29, 0.717) is 11.1 Å². The van der Waals surface area contributed by atoms with Crippen molar-refractivity contribution in [3.8, 4) is 28.0 Å². The maximum atomic E-state index is 14.3. The fourth-order valence-electron chi connectivity index (χ4n) is 4.02. The molecule has 0 bridgehead atoms. The SMILES string of the molecule is CC(C)(CO)Oc1cc(-c2cnn(CCO)c2)c2c(c1)C(O)(C(F)(F)F)c1ccccc1-2. The van der Waals surface area contributed by atoms with E-state index in [1.807, 2.05) is 0 Å². The van der Waals surface area contributed by atoms with Gasteiger partial charge in [0.2, 0.25) is 5.60 Å². The summed E-state index contributed by atoms with van der Waals surface area (Å²) in [5.41, 5.74) is -3.50. The zero-order chi connectivity index (χ0) is 23.3. The smallest absolute Gasteiger partial charge is 0.425 e. The molecule has 0 saturated carbocycles. The molecule has 3 N–H and O–H groups in total. The van der Waals surface area contributed by atoms with Gasteiger partial charge in [0, 0.05) is 22.9 Å². The molecule has 0 aliphatic heterocycles. The van der Waals surface area contributed by atoms with Gasteiger partial charge in [-0.25, -0.2) is 0 Å². The molecule has 1 aliphatic carbocycles. The van der Waals surface area contributed by atoms with Crippen molar-refractivity contribution in [3.63, 3.8) is 0 Å². The second-order valence-electron chi connectivity index (χ2n) is 8.38. The number of aliphatic hydroxyl groups is 3. The van der Waals surface area contributed by atoms with Crippen LogP contribution in [0.15, 0.2) is 48.8 Å². The van der Waals surface area contributed by atoms with Gasteiger partial charge in [-0.3, -0.25) is 4.68 Å². The molecule has 32 heavy (non-hydrogen) atoms. The van der Waals surface area contributed by atoms with E-state index in [4.69, 9.17) is 4.74 Å². The first-order valence-corrected chi connectivity index (χ1v) is 10.0. The highest BCUT2D eigenvalue weighted by atomic mass is 19.4. The van der Waals surface area contributed by atoms with Crippen LogP contribution in [0, 0.1) is 0 Å². The van der Waals surface area contributed by atoms with Crippen LogP contribution in [0.3, 0.4) is 0 Å². The van der Waals surface area contributed by atoms with E-state index in [-0.39, 0.29) is 47.8 Å². The lowest BCUT2D eigenvalue weighted by Crippen LogP contribution is -2.41. The van der Waals surface area contributed by atoms with Crippen LogP contribution in [0.5, 0.6) is 5.75 Å². The summed E-state index contributed by atoms with van der Waals surface area (Å²) in [7, 11) is 0. The van der Waals surface area contributed by atoms with Crippen LogP contribution < -0.4 is 4.74 Å². The van der Waals surface area contributed by atoms with E-state index in [1.54, 1.807) is 32.2 Å². The second-order valence-corrected chi connectivity index (χ2v) is 8.38. The summed E-state index contributed by atoms with van der Waals surface area (Å²) < 4.78 is 50.2. The molecule has 170 valence electrons. The summed E-state index contributed by atoms with van der Waals surface area (Å²) in [4.78, 5) is 0. The quantitative estimate of drug-likeness (QED) is 0.538. The van der Waals surface area contributed by atoms with Crippen molar-refractivity contribution >= 4 is 0 Å². The molecule has 0 radical (unpaired) electrons. The average molecular weight is 448 g/mol. The summed E-state index contributed by atoms with van der Waals surface area (Å²) in [6, 6.07) is 8.63. The van der Waals surface area contributed by atoms with Gasteiger partial charge >= 0.3 is 6.18 Å². The lowest BCUT2D eigenvalue weighted by molar-refractivity contribution is -0.246. The van der Waals surface area contributed by atoms with Gasteiger partial charge in [0.25, 0.3) is 0 Å². The molecule has 6 nitrogen and oxygen atoms in total. The summed E-state index contributed by atoms with van der Waals surface area (Å²) in [5.74, 6) is 0.0724. The Bertz CT molecular complexity index is 1160. The van der Waals surface area contributed by atoms with Gasteiger partial charge in [0.1, 0.15) is 11.4 Å². The number of nitrogens with zero attached hydrogens (tertiary/aromatic N) is 2. The van der Waals surface area contributed by atoms with Crippen molar-refractivity contribution in [3.05, 3.63) is 59.9 Å². The Hall–Kier alpha value is -2.88. The monoisotopic (exact) mass is 448 g/mol. The van der Waals surface area contributed by atoms with Gasteiger partial charge in [0.05, 0.1) is 26.0 Å². The molecule has 0 spiro atoms. The zero-order valence-corrected chi connectivity index (χ0v) is 17.5. The van der Waals surface area contributed by atoms with Crippen LogP contribution in [0.25, 0.3) is 22.3 Å². The molecule has 2 aromatic carbocycles. The van der Waals surface area contributed by atoms with Gasteiger partial charge in [-0.1, -0.05) is 24.3 Å². The lowest BCUT2D eigenvalue weighted by Gasteiger charge is -2.30. The normalized spacial score (nSPS) is 17.9. The molecule has 3 aromatic rings. The summed E-state index contributed by atoms with van der Waals surface area (Å²) >= 11 is 0. The Labute approximate surface area is 182 Å². The number of benzene rings is 2. The highest BCUT2D eigenvalue weighted by molar-refractivity contribution is 5.93. The molecule has 9 heteroatoms. The first-order chi connectivity index (χ1) is 15.0. The van der Waals surface area contributed by atoms with E-state index >= 15 is 0 Å². The van der Waals surface area contributed by atoms with Crippen molar-refractivity contribution in [2.75, 3.05) is 13.2 Å². The molecule has 0 fully saturated rings. The van der Waals surface area contributed by atoms with E-state index < -0.39 is 17.4 Å². The minimum atomic E-state index is -4.99. The number of ether oxygens (including phenoxy) is 1. The number of halogens is 3. The largest absolute Gasteiger partial charge is 0.485 e. The fourth-order valence-corrected chi connectivity index (χ4v) is 4.02. The molecular weight excluding hydrogens is 425 g/mol. The number of hydrogen-bond acceptors (Lipinski definition) is 5. The third-order valence-electron chi connectivity index (χ3n) is 5.55. The third kappa shape index (κ3) is 3.46. The van der Waals surface area contributed by atoms with Gasteiger partial charge in [-0.05, 0) is 42.7 Å². The van der Waals surface area contributed by atoms with Gasteiger partial charge in [-0.2, -0.15) is 18.3 Å². The van der Waals surface area contributed by atoms with Crippen LogP contribution in [0.4, 0.5) is 13.2 Å². The predicted molar refractivity (Wildman–Crippen MR) is 111 cm³/mol. The standard InChI is InChI=1S/C23H23F3N2O4/c1-21(2,13-30)32-15-9-17(14-11-27-28(12-14)7-8-29)20-16-5-3-4-6-18(16)22(31,19(20)10-15)23(24,25)26/h3-6,9-12,29-31H,7-8,13H2,1-2H3. The molecule has 1 heterocycles. The van der Waals surface area contributed by atoms with Crippen LogP contribution in [0.2, 0.25) is 0 Å². The Balaban J connectivity index is 2.03. The molecule has 0 saturated heterocycles. The fraction of sp³-hybridized carbons (Fsp3) is 0.348. The van der Waals surface area contributed by atoms with Crippen molar-refractivity contribution in [1.29, 1.82) is 0 Å². The highest BCUT2D eigenvalue weighted by Crippen LogP contribution is 2.58. The molecule has 1 aromatic heterocycles. The summed E-state index contributed by atoms with van der Waals surface area (Å²) in [6.07, 6.45) is -1.89. The number of aliphatic hydroxyl groups excluding tert-OH is 2. The maximum Gasteiger partial charge on any atom is 0.425 e. The molecule has 1 atom stereocenters. The van der Waals surface area contributed by atoms with E-state index in [1.165, 1.54) is 35.1 Å². The van der Waals surface area contributed by atoms with Crippen LogP contribution in [-0.4, -0.2) is 50.1 Å². The van der Waals surface area contributed by atoms with Gasteiger partial charge < -0.3 is 20.1 Å². The highest BCUT2D eigenvalue weighted by Gasteiger charge is 2.61. The number of alkyl halides is 3. The van der Waals surface area contributed by atoms with Crippen LogP contribution in [0.1, 0.15) is 25.0 Å². The minimum absolute atomic E-state index is 0.0724. The number of hydrogen-bond donors (Lipinski definition) is 3. The minimum Gasteiger partial charge on any atom is -0.485 e. The number of aromatic nitrogens is 2. The van der Waals surface area contributed by atoms with Crippen molar-refractivity contribution in [1.82, 2.24) is 9.78 Å². The number of fused-ring (bicyclic) bond motifs is 3. The lowest BCUT2D eigenvalue weighted by atomic mass is 9.89. The maximum absolute atomic E-state index is 14.3. The molecule has 1 aliphatic rings. The zero-order valence-electron chi connectivity index (χ0n) is 17.5. The first kappa shape index (κ1) is 22.3. The Morgan fingerprint density at radius 2 is 1.78 bits per heavy atom. The van der Waals surface area contributed by atoms with E-state index in [2.05, 4.69) is 5.10 Å². The summed E-state index contributed by atoms with van der Waals surface area (Å²) in [6.45, 7) is 2.91.